The molecule has 2 aromatic heterocycles. The second-order valence-electron chi connectivity index (χ2n) is 7.61. The number of aryl methyl sites for hydroxylation is 1. The number of carbonyl (C=O) groups excluding carboxylic acids is 1. The molecule has 0 radical (unpaired) electrons. The molecule has 2 aromatic carbocycles. The van der Waals surface area contributed by atoms with E-state index in [1.807, 2.05) is 59.3 Å². The molecule has 0 bridgehead atoms. The average molecular weight is 415 g/mol. The van der Waals surface area contributed by atoms with Crippen LogP contribution in [0.2, 0.25) is 0 Å². The molecule has 0 aliphatic rings. The van der Waals surface area contributed by atoms with Crippen molar-refractivity contribution in [2.24, 2.45) is 0 Å². The van der Waals surface area contributed by atoms with Gasteiger partial charge in [0.1, 0.15) is 17.8 Å². The van der Waals surface area contributed by atoms with Crippen molar-refractivity contribution in [1.82, 2.24) is 14.5 Å². The molecule has 0 saturated heterocycles. The molecule has 6 heteroatoms. The molecule has 0 unspecified atom stereocenters. The Balaban J connectivity index is 1.49. The van der Waals surface area contributed by atoms with Crippen LogP contribution in [0.1, 0.15) is 16.7 Å². The van der Waals surface area contributed by atoms with Crippen molar-refractivity contribution in [3.05, 3.63) is 100 Å². The summed E-state index contributed by atoms with van der Waals surface area (Å²) in [4.78, 5) is 25.5. The first kappa shape index (κ1) is 20.5. The zero-order valence-electron chi connectivity index (χ0n) is 17.7. The van der Waals surface area contributed by atoms with Crippen LogP contribution in [0.15, 0.2) is 77.9 Å². The average Bonchev–Trinajstić information content (AvgIpc) is 3.18. The number of hydrogen-bond acceptors (Lipinski definition) is 3. The molecule has 0 saturated carbocycles. The first-order valence-electron chi connectivity index (χ1n) is 10.2. The third-order valence-electron chi connectivity index (χ3n) is 5.29. The van der Waals surface area contributed by atoms with Gasteiger partial charge in [-0.1, -0.05) is 42.0 Å². The molecule has 31 heavy (non-hydrogen) atoms. The zero-order chi connectivity index (χ0) is 21.8. The van der Waals surface area contributed by atoms with E-state index in [4.69, 9.17) is 4.74 Å². The molecule has 0 aliphatic heterocycles. The highest BCUT2D eigenvalue weighted by atomic mass is 16.5. The van der Waals surface area contributed by atoms with Crippen LogP contribution in [0.3, 0.4) is 0 Å². The number of hydrogen-bond donors (Lipinski definition) is 1. The quantitative estimate of drug-likeness (QED) is 0.503. The standard InChI is InChI=1S/C25H25N3O3/c1-18-4-3-5-20(14-18)16-27-12-10-21-11-13-28(25(30)24(21)27)17-23(29)26-15-19-6-8-22(31-2)9-7-19/h3-14H,15-17H2,1-2H3,(H,26,29). The highest BCUT2D eigenvalue weighted by Crippen LogP contribution is 2.15. The molecule has 4 aromatic rings. The van der Waals surface area contributed by atoms with Gasteiger partial charge in [-0.2, -0.15) is 0 Å². The van der Waals surface area contributed by atoms with Crippen LogP contribution in [0.4, 0.5) is 0 Å². The maximum Gasteiger partial charge on any atom is 0.275 e. The van der Waals surface area contributed by atoms with Crippen LogP contribution >= 0.6 is 0 Å². The van der Waals surface area contributed by atoms with Crippen LogP contribution in [-0.2, 0) is 24.4 Å². The van der Waals surface area contributed by atoms with E-state index in [1.54, 1.807) is 13.3 Å². The number of rotatable bonds is 7. The predicted molar refractivity (Wildman–Crippen MR) is 121 cm³/mol. The Bertz CT molecular complexity index is 1270. The van der Waals surface area contributed by atoms with Crippen LogP contribution in [0, 0.1) is 6.92 Å². The number of amides is 1. The van der Waals surface area contributed by atoms with Crippen molar-refractivity contribution in [3.8, 4) is 5.75 Å². The molecule has 1 N–H and O–H groups in total. The normalized spacial score (nSPS) is 10.9. The number of pyridine rings is 1. The van der Waals surface area contributed by atoms with Gasteiger partial charge in [0.2, 0.25) is 5.91 Å². The number of nitrogens with one attached hydrogen (secondary N) is 1. The maximum atomic E-state index is 13.1. The molecule has 158 valence electrons. The molecular weight excluding hydrogens is 390 g/mol. The van der Waals surface area contributed by atoms with Gasteiger partial charge in [0.15, 0.2) is 0 Å². The van der Waals surface area contributed by atoms with E-state index in [9.17, 15) is 9.59 Å². The Hall–Kier alpha value is -3.80. The Labute approximate surface area is 180 Å². The SMILES string of the molecule is COc1ccc(CNC(=O)Cn2ccc3ccn(Cc4cccc(C)c4)c3c2=O)cc1. The topological polar surface area (TPSA) is 65.3 Å². The fourth-order valence-electron chi connectivity index (χ4n) is 3.66. The van der Waals surface area contributed by atoms with Gasteiger partial charge >= 0.3 is 0 Å². The summed E-state index contributed by atoms with van der Waals surface area (Å²) in [6.45, 7) is 3.02. The number of methoxy groups -OCH3 is 1. The van der Waals surface area contributed by atoms with Crippen molar-refractivity contribution in [2.45, 2.75) is 26.6 Å². The van der Waals surface area contributed by atoms with Gasteiger partial charge in [-0.05, 0) is 42.3 Å². The van der Waals surface area contributed by atoms with Crippen LogP contribution < -0.4 is 15.6 Å². The van der Waals surface area contributed by atoms with Crippen molar-refractivity contribution < 1.29 is 9.53 Å². The zero-order valence-corrected chi connectivity index (χ0v) is 17.7. The minimum atomic E-state index is -0.214. The Morgan fingerprint density at radius 2 is 1.71 bits per heavy atom. The molecule has 0 aliphatic carbocycles. The minimum absolute atomic E-state index is 0.0272. The number of ether oxygens (including phenoxy) is 1. The van der Waals surface area contributed by atoms with Crippen molar-refractivity contribution >= 4 is 16.8 Å². The van der Waals surface area contributed by atoms with Crippen molar-refractivity contribution in [1.29, 1.82) is 0 Å². The number of carbonyl (C=O) groups is 1. The van der Waals surface area contributed by atoms with Gasteiger partial charge in [0.05, 0.1) is 7.11 Å². The van der Waals surface area contributed by atoms with E-state index in [1.165, 1.54) is 10.1 Å². The summed E-state index contributed by atoms with van der Waals surface area (Å²) in [6, 6.07) is 19.5. The lowest BCUT2D eigenvalue weighted by Crippen LogP contribution is -2.32. The third-order valence-corrected chi connectivity index (χ3v) is 5.29. The highest BCUT2D eigenvalue weighted by molar-refractivity contribution is 5.80. The smallest absolute Gasteiger partial charge is 0.275 e. The lowest BCUT2D eigenvalue weighted by molar-refractivity contribution is -0.121. The summed E-state index contributed by atoms with van der Waals surface area (Å²) in [7, 11) is 1.61. The van der Waals surface area contributed by atoms with E-state index < -0.39 is 0 Å². The van der Waals surface area contributed by atoms with Gasteiger partial charge in [0.25, 0.3) is 5.56 Å². The second-order valence-corrected chi connectivity index (χ2v) is 7.61. The third kappa shape index (κ3) is 4.69. The van der Waals surface area contributed by atoms with E-state index in [0.29, 0.717) is 18.6 Å². The largest absolute Gasteiger partial charge is 0.497 e. The lowest BCUT2D eigenvalue weighted by atomic mass is 10.1. The summed E-state index contributed by atoms with van der Waals surface area (Å²) >= 11 is 0. The van der Waals surface area contributed by atoms with Gasteiger partial charge in [-0.3, -0.25) is 9.59 Å². The number of nitrogens with zero attached hydrogens (tertiary/aromatic N) is 2. The fraction of sp³-hybridized carbons (Fsp3) is 0.200. The summed E-state index contributed by atoms with van der Waals surface area (Å²) in [5.41, 5.74) is 3.70. The summed E-state index contributed by atoms with van der Waals surface area (Å²) in [5.74, 6) is 0.553. The Kier molecular flexibility index (Phi) is 5.89. The molecule has 2 heterocycles. The molecule has 1 amide bonds. The molecule has 0 spiro atoms. The minimum Gasteiger partial charge on any atom is -0.497 e. The van der Waals surface area contributed by atoms with Gasteiger partial charge in [0, 0.05) is 30.9 Å². The van der Waals surface area contributed by atoms with Crippen LogP contribution in [-0.4, -0.2) is 22.2 Å². The van der Waals surface area contributed by atoms with Crippen LogP contribution in [0.25, 0.3) is 10.9 Å². The van der Waals surface area contributed by atoms with Crippen molar-refractivity contribution in [2.75, 3.05) is 7.11 Å². The van der Waals surface area contributed by atoms with Gasteiger partial charge < -0.3 is 19.2 Å². The van der Waals surface area contributed by atoms with Gasteiger partial charge in [-0.15, -0.1) is 0 Å². The second kappa shape index (κ2) is 8.92. The van der Waals surface area contributed by atoms with Gasteiger partial charge in [-0.25, -0.2) is 0 Å². The molecular formula is C25H25N3O3. The monoisotopic (exact) mass is 415 g/mol. The number of fused-ring (bicyclic) bond motifs is 1. The Morgan fingerprint density at radius 1 is 0.968 bits per heavy atom. The first-order valence-corrected chi connectivity index (χ1v) is 10.2. The predicted octanol–water partition coefficient (Wildman–Crippen LogP) is 3.48. The van der Waals surface area contributed by atoms with E-state index in [0.717, 1.165) is 22.3 Å². The summed E-state index contributed by atoms with van der Waals surface area (Å²) < 4.78 is 8.54. The van der Waals surface area contributed by atoms with Crippen molar-refractivity contribution in [3.63, 3.8) is 0 Å². The number of aromatic nitrogens is 2. The number of benzene rings is 2. The highest BCUT2D eigenvalue weighted by Gasteiger charge is 2.11. The summed E-state index contributed by atoms with van der Waals surface area (Å²) in [6.07, 6.45) is 3.59. The molecule has 6 nitrogen and oxygen atoms in total. The van der Waals surface area contributed by atoms with E-state index in [2.05, 4.69) is 24.4 Å². The van der Waals surface area contributed by atoms with Crippen LogP contribution in [0.5, 0.6) is 5.75 Å². The maximum absolute atomic E-state index is 13.1. The lowest BCUT2D eigenvalue weighted by Gasteiger charge is -2.10. The van der Waals surface area contributed by atoms with E-state index in [-0.39, 0.29) is 18.0 Å². The molecule has 0 fully saturated rings. The van der Waals surface area contributed by atoms with E-state index >= 15 is 0 Å². The Morgan fingerprint density at radius 3 is 2.42 bits per heavy atom. The fourth-order valence-corrected chi connectivity index (χ4v) is 3.66. The first-order chi connectivity index (χ1) is 15.0. The molecule has 4 rings (SSSR count). The summed E-state index contributed by atoms with van der Waals surface area (Å²) in [5, 5.41) is 3.74. The molecule has 0 atom stereocenters.